The molecule has 4 unspecified atom stereocenters. The van der Waals surface area contributed by atoms with Gasteiger partial charge in [0.2, 0.25) is 11.8 Å². The Balaban J connectivity index is 1.66. The fraction of sp³-hybridized carbons (Fsp3) is 0.250. The molecule has 2 aromatic carbocycles. The summed E-state index contributed by atoms with van der Waals surface area (Å²) in [6.07, 6.45) is 0. The molecule has 2 aromatic rings. The Hall–Kier alpha value is -2.89. The zero-order valence-corrected chi connectivity index (χ0v) is 15.9. The van der Waals surface area contributed by atoms with Gasteiger partial charge in [-0.05, 0) is 36.8 Å². The molecule has 8 heteroatoms. The Bertz CT molecular complexity index is 885. The van der Waals surface area contributed by atoms with Gasteiger partial charge < -0.3 is 10.6 Å². The second kappa shape index (κ2) is 8.87. The first-order chi connectivity index (χ1) is 13.5. The number of nitrogens with one attached hydrogen (secondary N) is 3. The smallest absolute Gasteiger partial charge is 0.241 e. The Kier molecular flexibility index (Phi) is 6.29. The van der Waals surface area contributed by atoms with E-state index in [1.54, 1.807) is 6.92 Å². The third-order valence-electron chi connectivity index (χ3n) is 4.34. The number of halogens is 1. The minimum absolute atomic E-state index is 0.272. The fourth-order valence-corrected chi connectivity index (χ4v) is 3.87. The van der Waals surface area contributed by atoms with Gasteiger partial charge in [-0.3, -0.25) is 14.9 Å². The van der Waals surface area contributed by atoms with E-state index in [0.717, 1.165) is 5.56 Å². The maximum atomic E-state index is 13.0. The zero-order chi connectivity index (χ0) is 20.1. The van der Waals surface area contributed by atoms with Crippen LogP contribution < -0.4 is 16.0 Å². The Morgan fingerprint density at radius 2 is 1.89 bits per heavy atom. The number of nitrogens with zero attached hydrogens (tertiary/aromatic N) is 1. The Labute approximate surface area is 166 Å². The van der Waals surface area contributed by atoms with E-state index in [-0.39, 0.29) is 17.6 Å². The number of carbonyl (C=O) groups is 2. The molecule has 3 N–H and O–H groups in total. The molecule has 144 valence electrons. The van der Waals surface area contributed by atoms with Crippen molar-refractivity contribution in [1.82, 2.24) is 10.6 Å². The van der Waals surface area contributed by atoms with Crippen molar-refractivity contribution in [2.45, 2.75) is 23.7 Å². The first kappa shape index (κ1) is 19.9. The average Bonchev–Trinajstić information content (AvgIpc) is 2.70. The van der Waals surface area contributed by atoms with Gasteiger partial charge in [-0.25, -0.2) is 4.39 Å². The zero-order valence-electron chi connectivity index (χ0n) is 15.1. The number of nitriles is 1. The van der Waals surface area contributed by atoms with Crippen LogP contribution in [-0.4, -0.2) is 22.6 Å². The summed E-state index contributed by atoms with van der Waals surface area (Å²) >= 11 is 1.23. The van der Waals surface area contributed by atoms with E-state index in [4.69, 9.17) is 0 Å². The van der Waals surface area contributed by atoms with Gasteiger partial charge in [0.25, 0.3) is 0 Å². The Morgan fingerprint density at radius 3 is 2.54 bits per heavy atom. The standard InChI is InChI=1S/C20H19FN4O2S/c1-12(18(26)23-15-9-7-14(21)8-10-15)28-20-24-17(13-5-3-2-4-6-13)16(11-22)19(27)25-20/h2-10,12,16-17,20,24H,1H3,(H,23,26)(H,25,27). The fourth-order valence-electron chi connectivity index (χ4n) is 2.87. The first-order valence-corrected chi connectivity index (χ1v) is 9.65. The summed E-state index contributed by atoms with van der Waals surface area (Å²) < 4.78 is 13.0. The van der Waals surface area contributed by atoms with Crippen molar-refractivity contribution in [1.29, 1.82) is 5.26 Å². The van der Waals surface area contributed by atoms with Gasteiger partial charge in [-0.2, -0.15) is 5.26 Å². The van der Waals surface area contributed by atoms with Crippen LogP contribution in [0.1, 0.15) is 18.5 Å². The lowest BCUT2D eigenvalue weighted by Gasteiger charge is -2.35. The van der Waals surface area contributed by atoms with E-state index in [2.05, 4.69) is 16.0 Å². The highest BCUT2D eigenvalue weighted by Gasteiger charge is 2.38. The lowest BCUT2D eigenvalue weighted by Crippen LogP contribution is -2.56. The van der Waals surface area contributed by atoms with E-state index in [1.807, 2.05) is 36.4 Å². The van der Waals surface area contributed by atoms with E-state index < -0.39 is 22.7 Å². The summed E-state index contributed by atoms with van der Waals surface area (Å²) in [5, 5.41) is 17.6. The highest BCUT2D eigenvalue weighted by molar-refractivity contribution is 8.01. The van der Waals surface area contributed by atoms with Crippen LogP contribution in [-0.2, 0) is 9.59 Å². The molecule has 0 bridgehead atoms. The summed E-state index contributed by atoms with van der Waals surface area (Å²) in [4.78, 5) is 24.8. The molecule has 1 aliphatic rings. The number of anilines is 1. The van der Waals surface area contributed by atoms with Crippen molar-refractivity contribution in [3.05, 3.63) is 66.0 Å². The molecule has 0 aromatic heterocycles. The quantitative estimate of drug-likeness (QED) is 0.720. The Morgan fingerprint density at radius 1 is 1.21 bits per heavy atom. The molecule has 1 fully saturated rings. The minimum atomic E-state index is -0.859. The summed E-state index contributed by atoms with van der Waals surface area (Å²) in [7, 11) is 0. The second-order valence-electron chi connectivity index (χ2n) is 6.32. The molecule has 0 aliphatic carbocycles. The third-order valence-corrected chi connectivity index (χ3v) is 5.49. The summed E-state index contributed by atoms with van der Waals surface area (Å²) in [6, 6.07) is 16.3. The number of benzene rings is 2. The lowest BCUT2D eigenvalue weighted by atomic mass is 9.92. The van der Waals surface area contributed by atoms with Crippen LogP contribution in [0.4, 0.5) is 10.1 Å². The molecule has 1 heterocycles. The SMILES string of the molecule is CC(SC1NC(=O)C(C#N)C(c2ccccc2)N1)C(=O)Nc1ccc(F)cc1. The molecule has 2 amide bonds. The van der Waals surface area contributed by atoms with Crippen molar-refractivity contribution < 1.29 is 14.0 Å². The van der Waals surface area contributed by atoms with E-state index in [9.17, 15) is 19.2 Å². The topological polar surface area (TPSA) is 94.0 Å². The number of rotatable bonds is 5. The van der Waals surface area contributed by atoms with Crippen LogP contribution in [0, 0.1) is 23.1 Å². The van der Waals surface area contributed by atoms with Crippen LogP contribution in [0.2, 0.25) is 0 Å². The van der Waals surface area contributed by atoms with Crippen molar-refractivity contribution in [3.63, 3.8) is 0 Å². The highest BCUT2D eigenvalue weighted by Crippen LogP contribution is 2.29. The molecule has 1 saturated heterocycles. The lowest BCUT2D eigenvalue weighted by molar-refractivity contribution is -0.126. The van der Waals surface area contributed by atoms with Crippen molar-refractivity contribution >= 4 is 29.3 Å². The van der Waals surface area contributed by atoms with Gasteiger partial charge in [0.1, 0.15) is 17.2 Å². The molecule has 1 aliphatic heterocycles. The van der Waals surface area contributed by atoms with E-state index >= 15 is 0 Å². The second-order valence-corrected chi connectivity index (χ2v) is 7.78. The molecule has 0 radical (unpaired) electrons. The van der Waals surface area contributed by atoms with Crippen LogP contribution in [0.15, 0.2) is 54.6 Å². The molecule has 28 heavy (non-hydrogen) atoms. The van der Waals surface area contributed by atoms with Crippen LogP contribution in [0.25, 0.3) is 0 Å². The minimum Gasteiger partial charge on any atom is -0.331 e. The summed E-state index contributed by atoms with van der Waals surface area (Å²) in [6.45, 7) is 1.71. The van der Waals surface area contributed by atoms with E-state index in [0.29, 0.717) is 5.69 Å². The molecule has 4 atom stereocenters. The largest absolute Gasteiger partial charge is 0.331 e. The van der Waals surface area contributed by atoms with Crippen LogP contribution in [0.5, 0.6) is 0 Å². The number of amides is 2. The molecule has 0 spiro atoms. The first-order valence-electron chi connectivity index (χ1n) is 8.71. The monoisotopic (exact) mass is 398 g/mol. The summed E-state index contributed by atoms with van der Waals surface area (Å²) in [5.41, 5.74) is 0.792. The van der Waals surface area contributed by atoms with Gasteiger partial charge >= 0.3 is 0 Å². The number of thioether (sulfide) groups is 1. The van der Waals surface area contributed by atoms with Gasteiger partial charge in [-0.15, -0.1) is 11.8 Å². The maximum Gasteiger partial charge on any atom is 0.241 e. The molecule has 3 rings (SSSR count). The number of hydrogen-bond acceptors (Lipinski definition) is 5. The highest BCUT2D eigenvalue weighted by atomic mass is 32.2. The summed E-state index contributed by atoms with van der Waals surface area (Å²) in [5.74, 6) is -1.89. The average molecular weight is 398 g/mol. The van der Waals surface area contributed by atoms with Gasteiger partial charge in [0.05, 0.1) is 17.4 Å². The predicted octanol–water partition coefficient (Wildman–Crippen LogP) is 2.77. The molecule has 0 saturated carbocycles. The molecule has 6 nitrogen and oxygen atoms in total. The maximum absolute atomic E-state index is 13.0. The van der Waals surface area contributed by atoms with Gasteiger partial charge in [-0.1, -0.05) is 30.3 Å². The normalized spacial score (nSPS) is 22.6. The van der Waals surface area contributed by atoms with Crippen molar-refractivity contribution in [3.8, 4) is 6.07 Å². The van der Waals surface area contributed by atoms with Crippen molar-refractivity contribution in [2.24, 2.45) is 5.92 Å². The van der Waals surface area contributed by atoms with E-state index in [1.165, 1.54) is 36.0 Å². The van der Waals surface area contributed by atoms with Crippen LogP contribution >= 0.6 is 11.8 Å². The third kappa shape index (κ3) is 4.68. The van der Waals surface area contributed by atoms with Crippen LogP contribution in [0.3, 0.4) is 0 Å². The number of hydrogen-bond donors (Lipinski definition) is 3. The van der Waals surface area contributed by atoms with Gasteiger partial charge in [0, 0.05) is 5.69 Å². The molecular formula is C20H19FN4O2S. The van der Waals surface area contributed by atoms with Gasteiger partial charge in [0.15, 0.2) is 0 Å². The molecular weight excluding hydrogens is 379 g/mol. The predicted molar refractivity (Wildman–Crippen MR) is 105 cm³/mol. The number of carbonyl (C=O) groups excluding carboxylic acids is 2. The van der Waals surface area contributed by atoms with Crippen molar-refractivity contribution in [2.75, 3.05) is 5.32 Å².